The zero-order chi connectivity index (χ0) is 22.4. The normalized spacial score (nSPS) is 30.3. The quantitative estimate of drug-likeness (QED) is 0.681. The maximum atomic E-state index is 13.3. The fraction of sp³-hybridized carbons (Fsp3) is 0.826. The summed E-state index contributed by atoms with van der Waals surface area (Å²) < 4.78 is 0. The summed E-state index contributed by atoms with van der Waals surface area (Å²) in [6.07, 6.45) is 7.85. The molecular weight excluding hydrogens is 396 g/mol. The van der Waals surface area contributed by atoms with Crippen molar-refractivity contribution >= 4 is 23.6 Å². The van der Waals surface area contributed by atoms with E-state index in [1.165, 1.54) is 0 Å². The number of carbonyl (C=O) groups excluding carboxylic acids is 4. The molecule has 4 amide bonds. The number of nitrogens with one attached hydrogen (secondary N) is 1. The number of piperidine rings is 1. The first-order valence-corrected chi connectivity index (χ1v) is 12.0. The number of nitrogens with zero attached hydrogens (tertiary/aromatic N) is 2. The summed E-state index contributed by atoms with van der Waals surface area (Å²) in [6.45, 7) is 4.30. The van der Waals surface area contributed by atoms with Crippen molar-refractivity contribution in [2.24, 2.45) is 23.5 Å². The molecule has 0 aromatic rings. The number of nitrogens with two attached hydrogens (primary N) is 1. The van der Waals surface area contributed by atoms with Gasteiger partial charge in [-0.3, -0.25) is 19.2 Å². The van der Waals surface area contributed by atoms with Crippen molar-refractivity contribution in [3.8, 4) is 0 Å². The highest BCUT2D eigenvalue weighted by molar-refractivity contribution is 5.84. The molecule has 0 radical (unpaired) electrons. The summed E-state index contributed by atoms with van der Waals surface area (Å²) in [6, 6.07) is -0.0711. The highest BCUT2D eigenvalue weighted by atomic mass is 16.2. The topological polar surface area (TPSA) is 113 Å². The predicted molar refractivity (Wildman–Crippen MR) is 117 cm³/mol. The Balaban J connectivity index is 1.59. The van der Waals surface area contributed by atoms with Gasteiger partial charge in [-0.05, 0) is 45.4 Å². The van der Waals surface area contributed by atoms with E-state index in [9.17, 15) is 19.2 Å². The molecule has 2 heterocycles. The lowest BCUT2D eigenvalue weighted by molar-refractivity contribution is -0.144. The average molecular weight is 435 g/mol. The van der Waals surface area contributed by atoms with Gasteiger partial charge in [0.05, 0.1) is 5.92 Å². The molecule has 0 bridgehead atoms. The zero-order valence-corrected chi connectivity index (χ0v) is 18.8. The molecule has 8 nitrogen and oxygen atoms in total. The van der Waals surface area contributed by atoms with Gasteiger partial charge in [-0.25, -0.2) is 0 Å². The van der Waals surface area contributed by atoms with Gasteiger partial charge in [-0.15, -0.1) is 0 Å². The summed E-state index contributed by atoms with van der Waals surface area (Å²) in [4.78, 5) is 53.4. The maximum absolute atomic E-state index is 13.3. The van der Waals surface area contributed by atoms with Crippen LogP contribution in [0.5, 0.6) is 0 Å². The molecule has 3 rings (SSSR count). The van der Waals surface area contributed by atoms with Crippen LogP contribution < -0.4 is 11.1 Å². The Hall–Kier alpha value is -2.12. The van der Waals surface area contributed by atoms with Crippen LogP contribution in [0.15, 0.2) is 0 Å². The van der Waals surface area contributed by atoms with Gasteiger partial charge in [0.15, 0.2) is 0 Å². The van der Waals surface area contributed by atoms with Crippen molar-refractivity contribution < 1.29 is 19.2 Å². The predicted octanol–water partition coefficient (Wildman–Crippen LogP) is 1.42. The molecular formula is C23H38N4O4. The molecule has 2 aliphatic heterocycles. The average Bonchev–Trinajstić information content (AvgIpc) is 2.75. The number of hydrogen-bond acceptors (Lipinski definition) is 4. The first-order valence-electron chi connectivity index (χ1n) is 12.0. The van der Waals surface area contributed by atoms with E-state index in [4.69, 9.17) is 5.73 Å². The molecule has 0 aromatic carbocycles. The number of carbonyl (C=O) groups is 4. The van der Waals surface area contributed by atoms with Crippen LogP contribution >= 0.6 is 0 Å². The van der Waals surface area contributed by atoms with Crippen LogP contribution in [0.3, 0.4) is 0 Å². The smallest absolute Gasteiger partial charge is 0.227 e. The SMILES string of the molecule is CCN1CC(C(=O)N2CCCCCC(NC(=O)C3CCCC(C(N)=O)C3)C2)CCC1=O. The second-order valence-corrected chi connectivity index (χ2v) is 9.47. The molecule has 8 heteroatoms. The third-order valence-electron chi connectivity index (χ3n) is 7.26. The lowest BCUT2D eigenvalue weighted by Crippen LogP contribution is -2.52. The zero-order valence-electron chi connectivity index (χ0n) is 18.8. The number of primary amides is 1. The first kappa shape index (κ1) is 23.5. The Kier molecular flexibility index (Phi) is 8.32. The minimum atomic E-state index is -0.313. The molecule has 3 aliphatic rings. The van der Waals surface area contributed by atoms with Crippen molar-refractivity contribution in [2.75, 3.05) is 26.2 Å². The number of amides is 4. The Morgan fingerprint density at radius 2 is 1.74 bits per heavy atom. The van der Waals surface area contributed by atoms with Crippen LogP contribution in [0, 0.1) is 17.8 Å². The summed E-state index contributed by atoms with van der Waals surface area (Å²) in [5, 5.41) is 3.18. The van der Waals surface area contributed by atoms with Gasteiger partial charge >= 0.3 is 0 Å². The van der Waals surface area contributed by atoms with E-state index in [0.29, 0.717) is 45.4 Å². The van der Waals surface area contributed by atoms with E-state index in [1.807, 2.05) is 11.8 Å². The molecule has 4 atom stereocenters. The Morgan fingerprint density at radius 1 is 0.968 bits per heavy atom. The van der Waals surface area contributed by atoms with Crippen LogP contribution in [0.1, 0.15) is 71.1 Å². The molecule has 3 N–H and O–H groups in total. The largest absolute Gasteiger partial charge is 0.369 e. The number of hydrogen-bond donors (Lipinski definition) is 2. The molecule has 31 heavy (non-hydrogen) atoms. The van der Waals surface area contributed by atoms with E-state index in [2.05, 4.69) is 5.32 Å². The summed E-state index contributed by atoms with van der Waals surface area (Å²) in [5.74, 6) is -0.622. The summed E-state index contributed by atoms with van der Waals surface area (Å²) in [5.41, 5.74) is 5.46. The van der Waals surface area contributed by atoms with Gasteiger partial charge in [0, 0.05) is 50.5 Å². The maximum Gasteiger partial charge on any atom is 0.227 e. The standard InChI is InChI=1S/C23H38N4O4/c1-2-26-14-18(10-11-20(26)28)23(31)27-12-5-3-4-9-19(15-27)25-22(30)17-8-6-7-16(13-17)21(24)29/h16-19H,2-15H2,1H3,(H2,24,29)(H,25,30). The van der Waals surface area contributed by atoms with Crippen LogP contribution in [0.2, 0.25) is 0 Å². The molecule has 3 fully saturated rings. The molecule has 0 spiro atoms. The van der Waals surface area contributed by atoms with Gasteiger partial charge in [-0.1, -0.05) is 19.3 Å². The third-order valence-corrected chi connectivity index (χ3v) is 7.26. The summed E-state index contributed by atoms with van der Waals surface area (Å²) in [7, 11) is 0. The lowest BCUT2D eigenvalue weighted by Gasteiger charge is -2.37. The first-order chi connectivity index (χ1) is 14.9. The monoisotopic (exact) mass is 434 g/mol. The van der Waals surface area contributed by atoms with Gasteiger partial charge in [-0.2, -0.15) is 0 Å². The van der Waals surface area contributed by atoms with E-state index >= 15 is 0 Å². The Morgan fingerprint density at radius 3 is 2.48 bits per heavy atom. The fourth-order valence-corrected chi connectivity index (χ4v) is 5.32. The van der Waals surface area contributed by atoms with Crippen molar-refractivity contribution in [2.45, 2.75) is 77.2 Å². The highest BCUT2D eigenvalue weighted by Gasteiger charge is 2.35. The van der Waals surface area contributed by atoms with Crippen LogP contribution in [0.25, 0.3) is 0 Å². The molecule has 4 unspecified atom stereocenters. The van der Waals surface area contributed by atoms with Crippen molar-refractivity contribution in [1.29, 1.82) is 0 Å². The Labute approximate surface area is 185 Å². The van der Waals surface area contributed by atoms with E-state index in [-0.39, 0.29) is 47.4 Å². The van der Waals surface area contributed by atoms with E-state index in [1.54, 1.807) is 4.90 Å². The molecule has 0 aromatic heterocycles. The van der Waals surface area contributed by atoms with Crippen molar-refractivity contribution in [3.05, 3.63) is 0 Å². The minimum absolute atomic E-state index is 0.00987. The van der Waals surface area contributed by atoms with Crippen LogP contribution in [-0.4, -0.2) is 65.6 Å². The summed E-state index contributed by atoms with van der Waals surface area (Å²) >= 11 is 0. The molecule has 2 saturated heterocycles. The van der Waals surface area contributed by atoms with Gasteiger partial charge in [0.25, 0.3) is 0 Å². The Bertz CT molecular complexity index is 682. The molecule has 1 aliphatic carbocycles. The van der Waals surface area contributed by atoms with Gasteiger partial charge in [0.1, 0.15) is 0 Å². The second-order valence-electron chi connectivity index (χ2n) is 9.47. The van der Waals surface area contributed by atoms with Crippen molar-refractivity contribution in [1.82, 2.24) is 15.1 Å². The highest BCUT2D eigenvalue weighted by Crippen LogP contribution is 2.29. The lowest BCUT2D eigenvalue weighted by atomic mass is 9.80. The van der Waals surface area contributed by atoms with Crippen LogP contribution in [0.4, 0.5) is 0 Å². The van der Waals surface area contributed by atoms with Gasteiger partial charge in [0.2, 0.25) is 23.6 Å². The van der Waals surface area contributed by atoms with Crippen molar-refractivity contribution in [3.63, 3.8) is 0 Å². The molecule has 1 saturated carbocycles. The van der Waals surface area contributed by atoms with E-state index < -0.39 is 0 Å². The number of rotatable bonds is 5. The van der Waals surface area contributed by atoms with E-state index in [0.717, 1.165) is 44.9 Å². The number of likely N-dealkylation sites (tertiary alicyclic amines) is 2. The fourth-order valence-electron chi connectivity index (χ4n) is 5.32. The van der Waals surface area contributed by atoms with Crippen LogP contribution in [-0.2, 0) is 19.2 Å². The minimum Gasteiger partial charge on any atom is -0.369 e. The van der Waals surface area contributed by atoms with Gasteiger partial charge < -0.3 is 20.9 Å². The molecule has 174 valence electrons. The second kappa shape index (κ2) is 11.0. The third kappa shape index (κ3) is 6.20.